The van der Waals surface area contributed by atoms with Gasteiger partial charge in [-0.2, -0.15) is 0 Å². The van der Waals surface area contributed by atoms with Crippen LogP contribution in [0.4, 0.5) is 0 Å². The summed E-state index contributed by atoms with van der Waals surface area (Å²) in [6.07, 6.45) is 5.41. The normalized spacial score (nSPS) is 12.3. The van der Waals surface area contributed by atoms with Crippen molar-refractivity contribution in [3.63, 3.8) is 0 Å². The van der Waals surface area contributed by atoms with Gasteiger partial charge in [0, 0.05) is 6.42 Å². The monoisotopic (exact) mass is 167 g/mol. The Labute approximate surface area is 68.4 Å². The molecule has 0 fully saturated rings. The molecule has 1 rings (SSSR count). The van der Waals surface area contributed by atoms with Gasteiger partial charge in [-0.25, -0.2) is 24.4 Å². The van der Waals surface area contributed by atoms with Gasteiger partial charge in [0.15, 0.2) is 0 Å². The van der Waals surface area contributed by atoms with Crippen molar-refractivity contribution >= 4 is 0 Å². The molecule has 0 aliphatic carbocycles. The van der Waals surface area contributed by atoms with Crippen molar-refractivity contribution in [1.29, 1.82) is 0 Å². The number of hydrogen-bond donors (Lipinski definition) is 2. The Morgan fingerprint density at radius 2 is 2.00 bits per heavy atom. The minimum atomic E-state index is -0.456. The molecule has 0 spiro atoms. The number of H-pyrrole nitrogens is 2. The quantitative estimate of drug-likeness (QED) is 0.580. The first-order chi connectivity index (χ1) is 5.66. The van der Waals surface area contributed by atoms with Crippen LogP contribution in [0, 0.1) is 12.3 Å². The summed E-state index contributed by atoms with van der Waals surface area (Å²) < 4.78 is 1.06. The molecule has 0 radical (unpaired) electrons. The average molecular weight is 167 g/mol. The Bertz CT molecular complexity index is 376. The maximum atomic E-state index is 11.0. The van der Waals surface area contributed by atoms with Crippen molar-refractivity contribution in [1.82, 2.24) is 14.8 Å². The lowest BCUT2D eigenvalue weighted by molar-refractivity contribution is 0.529. The first-order valence-corrected chi connectivity index (χ1v) is 3.49. The van der Waals surface area contributed by atoms with Crippen LogP contribution in [-0.4, -0.2) is 14.8 Å². The van der Waals surface area contributed by atoms with Crippen molar-refractivity contribution in [2.24, 2.45) is 0 Å². The first kappa shape index (κ1) is 8.40. The molecular formula is C7H9N3O2. The Hall–Kier alpha value is -1.70. The van der Waals surface area contributed by atoms with Crippen LogP contribution in [0.2, 0.25) is 0 Å². The van der Waals surface area contributed by atoms with Crippen molar-refractivity contribution in [2.75, 3.05) is 0 Å². The molecule has 0 aliphatic rings. The number of aromatic nitrogens is 3. The van der Waals surface area contributed by atoms with Gasteiger partial charge >= 0.3 is 11.4 Å². The van der Waals surface area contributed by atoms with Crippen LogP contribution < -0.4 is 11.4 Å². The number of aromatic amines is 2. The molecular weight excluding hydrogens is 158 g/mol. The zero-order chi connectivity index (χ0) is 9.14. The van der Waals surface area contributed by atoms with Gasteiger partial charge in [-0.05, 0) is 6.92 Å². The summed E-state index contributed by atoms with van der Waals surface area (Å²) in [6.45, 7) is 1.71. The van der Waals surface area contributed by atoms with E-state index < -0.39 is 11.4 Å². The van der Waals surface area contributed by atoms with Gasteiger partial charge in [0.1, 0.15) is 0 Å². The lowest BCUT2D eigenvalue weighted by Gasteiger charge is -2.04. The van der Waals surface area contributed by atoms with Crippen LogP contribution in [-0.2, 0) is 0 Å². The van der Waals surface area contributed by atoms with E-state index in [0.717, 1.165) is 4.57 Å². The molecule has 0 saturated carbocycles. The fraction of sp³-hybridized carbons (Fsp3) is 0.429. The minimum absolute atomic E-state index is 0.266. The van der Waals surface area contributed by atoms with Gasteiger partial charge in [-0.3, -0.25) is 0 Å². The number of nitrogens with one attached hydrogen (secondary N) is 2. The van der Waals surface area contributed by atoms with Crippen molar-refractivity contribution < 1.29 is 0 Å². The predicted molar refractivity (Wildman–Crippen MR) is 43.8 cm³/mol. The third-order valence-corrected chi connectivity index (χ3v) is 1.57. The highest BCUT2D eigenvalue weighted by Gasteiger charge is 2.09. The van der Waals surface area contributed by atoms with E-state index in [1.54, 1.807) is 6.92 Å². The van der Waals surface area contributed by atoms with E-state index in [1.807, 2.05) is 0 Å². The Morgan fingerprint density at radius 1 is 1.50 bits per heavy atom. The highest BCUT2D eigenvalue weighted by atomic mass is 16.2. The SMILES string of the molecule is C#CCC(C)n1c(=O)[nH][nH]c1=O. The van der Waals surface area contributed by atoms with Gasteiger partial charge in [0.05, 0.1) is 6.04 Å². The third-order valence-electron chi connectivity index (χ3n) is 1.57. The largest absolute Gasteiger partial charge is 0.344 e. The molecule has 0 bridgehead atoms. The van der Waals surface area contributed by atoms with E-state index in [1.165, 1.54) is 0 Å². The molecule has 12 heavy (non-hydrogen) atoms. The molecule has 2 N–H and O–H groups in total. The van der Waals surface area contributed by atoms with Crippen LogP contribution in [0.1, 0.15) is 19.4 Å². The van der Waals surface area contributed by atoms with E-state index in [2.05, 4.69) is 16.1 Å². The van der Waals surface area contributed by atoms with E-state index in [0.29, 0.717) is 6.42 Å². The molecule has 0 amide bonds. The fourth-order valence-corrected chi connectivity index (χ4v) is 0.982. The molecule has 0 saturated heterocycles. The molecule has 1 heterocycles. The summed E-state index contributed by atoms with van der Waals surface area (Å²) >= 11 is 0. The highest BCUT2D eigenvalue weighted by Crippen LogP contribution is 2.01. The number of hydrogen-bond acceptors (Lipinski definition) is 2. The van der Waals surface area contributed by atoms with Crippen molar-refractivity contribution in [3.8, 4) is 12.3 Å². The summed E-state index contributed by atoms with van der Waals surface area (Å²) in [6, 6.07) is -0.266. The summed E-state index contributed by atoms with van der Waals surface area (Å²) in [5.41, 5.74) is -0.912. The summed E-state index contributed by atoms with van der Waals surface area (Å²) in [7, 11) is 0. The zero-order valence-electron chi connectivity index (χ0n) is 6.63. The Kier molecular flexibility index (Phi) is 2.19. The summed E-state index contributed by atoms with van der Waals surface area (Å²) in [4.78, 5) is 21.9. The van der Waals surface area contributed by atoms with Crippen LogP contribution >= 0.6 is 0 Å². The van der Waals surface area contributed by atoms with Crippen molar-refractivity contribution in [3.05, 3.63) is 21.0 Å². The summed E-state index contributed by atoms with van der Waals surface area (Å²) in [5, 5.41) is 4.36. The van der Waals surface area contributed by atoms with Crippen LogP contribution in [0.15, 0.2) is 9.59 Å². The van der Waals surface area contributed by atoms with Gasteiger partial charge in [0.25, 0.3) is 0 Å². The Morgan fingerprint density at radius 3 is 2.42 bits per heavy atom. The molecule has 5 heteroatoms. The fourth-order valence-electron chi connectivity index (χ4n) is 0.982. The molecule has 1 atom stereocenters. The molecule has 5 nitrogen and oxygen atoms in total. The average Bonchev–Trinajstić information content (AvgIpc) is 2.32. The van der Waals surface area contributed by atoms with Gasteiger partial charge < -0.3 is 0 Å². The van der Waals surface area contributed by atoms with E-state index >= 15 is 0 Å². The number of terminal acetylenes is 1. The lowest BCUT2D eigenvalue weighted by Crippen LogP contribution is -2.29. The zero-order valence-corrected chi connectivity index (χ0v) is 6.63. The molecule has 1 unspecified atom stereocenters. The van der Waals surface area contributed by atoms with E-state index in [9.17, 15) is 9.59 Å². The van der Waals surface area contributed by atoms with E-state index in [-0.39, 0.29) is 6.04 Å². The summed E-state index contributed by atoms with van der Waals surface area (Å²) in [5.74, 6) is 2.38. The number of rotatable bonds is 2. The van der Waals surface area contributed by atoms with Crippen molar-refractivity contribution in [2.45, 2.75) is 19.4 Å². The third kappa shape index (κ3) is 1.32. The molecule has 1 aromatic rings. The van der Waals surface area contributed by atoms with E-state index in [4.69, 9.17) is 6.42 Å². The highest BCUT2D eigenvalue weighted by molar-refractivity contribution is 4.88. The van der Waals surface area contributed by atoms with Crippen LogP contribution in [0.3, 0.4) is 0 Å². The second-order valence-corrected chi connectivity index (χ2v) is 2.49. The first-order valence-electron chi connectivity index (χ1n) is 3.49. The lowest BCUT2D eigenvalue weighted by atomic mass is 10.2. The molecule has 0 aliphatic heterocycles. The maximum Gasteiger partial charge on any atom is 0.344 e. The molecule has 1 aromatic heterocycles. The van der Waals surface area contributed by atoms with Crippen LogP contribution in [0.25, 0.3) is 0 Å². The number of nitrogens with zero attached hydrogens (tertiary/aromatic N) is 1. The minimum Gasteiger partial charge on any atom is -0.247 e. The second kappa shape index (κ2) is 3.13. The van der Waals surface area contributed by atoms with Gasteiger partial charge in [0.2, 0.25) is 0 Å². The molecule has 64 valence electrons. The smallest absolute Gasteiger partial charge is 0.247 e. The standard InChI is InChI=1S/C7H9N3O2/c1-3-4-5(2)10-6(11)8-9-7(10)12/h1,5H,4H2,2H3,(H,8,11)(H,9,12). The van der Waals surface area contributed by atoms with Crippen LogP contribution in [0.5, 0.6) is 0 Å². The topological polar surface area (TPSA) is 70.7 Å². The predicted octanol–water partition coefficient (Wildman–Crippen LogP) is -0.551. The van der Waals surface area contributed by atoms with Gasteiger partial charge in [-0.1, -0.05) is 0 Å². The second-order valence-electron chi connectivity index (χ2n) is 2.49. The maximum absolute atomic E-state index is 11.0. The Balaban J connectivity index is 3.11. The van der Waals surface area contributed by atoms with Gasteiger partial charge in [-0.15, -0.1) is 12.3 Å². The molecule has 0 aromatic carbocycles.